The van der Waals surface area contributed by atoms with Gasteiger partial charge in [0.25, 0.3) is 0 Å². The molecule has 0 saturated carbocycles. The summed E-state index contributed by atoms with van der Waals surface area (Å²) < 4.78 is 11.4. The summed E-state index contributed by atoms with van der Waals surface area (Å²) in [4.78, 5) is 24.6. The van der Waals surface area contributed by atoms with Gasteiger partial charge in [-0.1, -0.05) is 78.4 Å². The highest BCUT2D eigenvalue weighted by Crippen LogP contribution is 2.44. The van der Waals surface area contributed by atoms with Crippen molar-refractivity contribution in [3.63, 3.8) is 0 Å². The Labute approximate surface area is 215 Å². The van der Waals surface area contributed by atoms with Crippen molar-refractivity contribution >= 4 is 12.1 Å². The first kappa shape index (κ1) is 24.1. The number of carbonyl (C=O) groups excluding carboxylic acids is 1. The molecule has 37 heavy (non-hydrogen) atoms. The minimum Gasteiger partial charge on any atom is -0.480 e. The SMILES string of the molecule is Cc1ccc(Oc2cccc(CC(NC(=O)OCC3c4ccccc4-c4ccccc43)C(=O)O)c2)cc1. The van der Waals surface area contributed by atoms with Crippen molar-refractivity contribution in [2.45, 2.75) is 25.3 Å². The third kappa shape index (κ3) is 5.48. The zero-order valence-corrected chi connectivity index (χ0v) is 20.4. The molecule has 0 aliphatic heterocycles. The van der Waals surface area contributed by atoms with Crippen LogP contribution in [0.3, 0.4) is 0 Å². The van der Waals surface area contributed by atoms with Crippen molar-refractivity contribution in [1.29, 1.82) is 0 Å². The monoisotopic (exact) mass is 493 g/mol. The van der Waals surface area contributed by atoms with Gasteiger partial charge in [0, 0.05) is 12.3 Å². The summed E-state index contributed by atoms with van der Waals surface area (Å²) in [5.41, 5.74) is 6.29. The summed E-state index contributed by atoms with van der Waals surface area (Å²) in [6.45, 7) is 2.12. The molecule has 5 rings (SSSR count). The van der Waals surface area contributed by atoms with Gasteiger partial charge in [0.2, 0.25) is 0 Å². The molecular formula is C31H27NO5. The average Bonchev–Trinajstić information content (AvgIpc) is 3.22. The lowest BCUT2D eigenvalue weighted by Crippen LogP contribution is -2.42. The number of fused-ring (bicyclic) bond motifs is 3. The Morgan fingerprint density at radius 1 is 0.838 bits per heavy atom. The van der Waals surface area contributed by atoms with Gasteiger partial charge in [-0.05, 0) is 59.0 Å². The van der Waals surface area contributed by atoms with Gasteiger partial charge in [0.05, 0.1) is 0 Å². The summed E-state index contributed by atoms with van der Waals surface area (Å²) in [6.07, 6.45) is -0.675. The molecule has 1 aliphatic carbocycles. The van der Waals surface area contributed by atoms with Crippen LogP contribution in [-0.4, -0.2) is 29.8 Å². The highest BCUT2D eigenvalue weighted by Gasteiger charge is 2.29. The van der Waals surface area contributed by atoms with Gasteiger partial charge >= 0.3 is 12.1 Å². The third-order valence-corrected chi connectivity index (χ3v) is 6.53. The predicted molar refractivity (Wildman–Crippen MR) is 141 cm³/mol. The Morgan fingerprint density at radius 3 is 2.14 bits per heavy atom. The number of hydrogen-bond acceptors (Lipinski definition) is 4. The van der Waals surface area contributed by atoms with Crippen LogP contribution < -0.4 is 10.1 Å². The zero-order chi connectivity index (χ0) is 25.8. The largest absolute Gasteiger partial charge is 0.480 e. The number of benzene rings is 4. The molecule has 4 aromatic rings. The number of alkyl carbamates (subject to hydrolysis) is 1. The standard InChI is InChI=1S/C31H27NO5/c1-20-13-15-22(16-14-20)37-23-8-6-7-21(17-23)18-29(30(33)34)32-31(35)36-19-28-26-11-4-2-9-24(26)25-10-3-5-12-27(25)28/h2-17,28-29H,18-19H2,1H3,(H,32,35)(H,33,34). The van der Waals surface area contributed by atoms with Crippen LogP contribution in [-0.2, 0) is 16.0 Å². The fourth-order valence-electron chi connectivity index (χ4n) is 4.70. The molecule has 0 heterocycles. The summed E-state index contributed by atoms with van der Waals surface area (Å²) in [5.74, 6) is 0.0383. The molecule has 0 aromatic heterocycles. The maximum Gasteiger partial charge on any atom is 0.407 e. The van der Waals surface area contributed by atoms with Crippen LogP contribution in [0, 0.1) is 6.92 Å². The van der Waals surface area contributed by atoms with Crippen LogP contribution >= 0.6 is 0 Å². The van der Waals surface area contributed by atoms with E-state index in [4.69, 9.17) is 9.47 Å². The van der Waals surface area contributed by atoms with Crippen LogP contribution in [0.4, 0.5) is 4.79 Å². The Hall–Kier alpha value is -4.58. The van der Waals surface area contributed by atoms with Gasteiger partial charge in [-0.2, -0.15) is 0 Å². The first-order valence-corrected chi connectivity index (χ1v) is 12.2. The molecule has 2 N–H and O–H groups in total. The maximum absolute atomic E-state index is 12.6. The number of ether oxygens (including phenoxy) is 2. The smallest absolute Gasteiger partial charge is 0.407 e. The van der Waals surface area contributed by atoms with E-state index in [0.717, 1.165) is 33.4 Å². The summed E-state index contributed by atoms with van der Waals surface area (Å²) in [6, 6.07) is 29.8. The number of carbonyl (C=O) groups is 2. The van der Waals surface area contributed by atoms with Crippen LogP contribution in [0.1, 0.15) is 28.2 Å². The molecule has 1 amide bonds. The van der Waals surface area contributed by atoms with Crippen molar-refractivity contribution in [3.05, 3.63) is 119 Å². The fourth-order valence-corrected chi connectivity index (χ4v) is 4.70. The number of nitrogens with one attached hydrogen (secondary N) is 1. The first-order valence-electron chi connectivity index (χ1n) is 12.2. The van der Waals surface area contributed by atoms with Crippen molar-refractivity contribution < 1.29 is 24.2 Å². The average molecular weight is 494 g/mol. The molecule has 186 valence electrons. The van der Waals surface area contributed by atoms with Gasteiger partial charge in [0.15, 0.2) is 0 Å². The summed E-state index contributed by atoms with van der Waals surface area (Å²) >= 11 is 0. The molecule has 0 fully saturated rings. The Bertz CT molecular complexity index is 1380. The molecule has 0 spiro atoms. The molecule has 4 aromatic carbocycles. The van der Waals surface area contributed by atoms with Crippen molar-refractivity contribution in [1.82, 2.24) is 5.32 Å². The molecule has 0 saturated heterocycles. The number of amides is 1. The van der Waals surface area contributed by atoms with Crippen molar-refractivity contribution in [2.75, 3.05) is 6.61 Å². The van der Waals surface area contributed by atoms with E-state index >= 15 is 0 Å². The van der Waals surface area contributed by atoms with Crippen LogP contribution in [0.25, 0.3) is 11.1 Å². The lowest BCUT2D eigenvalue weighted by Gasteiger charge is -2.18. The van der Waals surface area contributed by atoms with Crippen molar-refractivity contribution in [3.8, 4) is 22.6 Å². The van der Waals surface area contributed by atoms with E-state index in [2.05, 4.69) is 17.4 Å². The summed E-state index contributed by atoms with van der Waals surface area (Å²) in [5, 5.41) is 12.3. The molecular weight excluding hydrogens is 466 g/mol. The Morgan fingerprint density at radius 2 is 1.49 bits per heavy atom. The molecule has 1 unspecified atom stereocenters. The third-order valence-electron chi connectivity index (χ3n) is 6.53. The van der Waals surface area contributed by atoms with Crippen LogP contribution in [0.5, 0.6) is 11.5 Å². The minimum absolute atomic E-state index is 0.0879. The van der Waals surface area contributed by atoms with E-state index < -0.39 is 18.1 Å². The topological polar surface area (TPSA) is 84.9 Å². The second kappa shape index (κ2) is 10.6. The molecule has 0 radical (unpaired) electrons. The first-order chi connectivity index (χ1) is 18.0. The fraction of sp³-hybridized carbons (Fsp3) is 0.161. The minimum atomic E-state index is -1.15. The van der Waals surface area contributed by atoms with Gasteiger partial charge in [-0.3, -0.25) is 0 Å². The second-order valence-electron chi connectivity index (χ2n) is 9.13. The molecule has 0 bridgehead atoms. The maximum atomic E-state index is 12.6. The number of aliphatic carboxylic acids is 1. The second-order valence-corrected chi connectivity index (χ2v) is 9.13. The number of carboxylic acids is 1. The lowest BCUT2D eigenvalue weighted by molar-refractivity contribution is -0.139. The van der Waals surface area contributed by atoms with E-state index in [1.165, 1.54) is 0 Å². The number of carboxylic acid groups (broad SMARTS) is 1. The molecule has 6 heteroatoms. The highest BCUT2D eigenvalue weighted by molar-refractivity contribution is 5.81. The van der Waals surface area contributed by atoms with Gasteiger partial charge in [-0.25, -0.2) is 9.59 Å². The van der Waals surface area contributed by atoms with Crippen LogP contribution in [0.2, 0.25) is 0 Å². The Kier molecular flexibility index (Phi) is 6.90. The molecule has 6 nitrogen and oxygen atoms in total. The van der Waals surface area contributed by atoms with E-state index in [1.54, 1.807) is 24.3 Å². The normalized spacial score (nSPS) is 12.8. The number of hydrogen-bond donors (Lipinski definition) is 2. The van der Waals surface area contributed by atoms with E-state index in [-0.39, 0.29) is 18.9 Å². The Balaban J connectivity index is 1.22. The number of rotatable bonds is 8. The lowest BCUT2D eigenvalue weighted by atomic mass is 9.98. The van der Waals surface area contributed by atoms with Gasteiger partial charge in [-0.15, -0.1) is 0 Å². The molecule has 1 aliphatic rings. The van der Waals surface area contributed by atoms with Crippen molar-refractivity contribution in [2.24, 2.45) is 0 Å². The van der Waals surface area contributed by atoms with E-state index in [0.29, 0.717) is 11.5 Å². The van der Waals surface area contributed by atoms with Gasteiger partial charge in [0.1, 0.15) is 24.1 Å². The quantitative estimate of drug-likeness (QED) is 0.300. The summed E-state index contributed by atoms with van der Waals surface area (Å²) in [7, 11) is 0. The van der Waals surface area contributed by atoms with Crippen LogP contribution in [0.15, 0.2) is 97.1 Å². The van der Waals surface area contributed by atoms with E-state index in [9.17, 15) is 14.7 Å². The van der Waals surface area contributed by atoms with E-state index in [1.807, 2.05) is 67.6 Å². The highest BCUT2D eigenvalue weighted by atomic mass is 16.5. The van der Waals surface area contributed by atoms with Gasteiger partial charge < -0.3 is 19.9 Å². The molecule has 1 atom stereocenters. The number of aryl methyl sites for hydroxylation is 1. The zero-order valence-electron chi connectivity index (χ0n) is 20.4. The predicted octanol–water partition coefficient (Wildman–Crippen LogP) is 6.32.